The average molecular weight is 546 g/mol. The van der Waals surface area contributed by atoms with Crippen molar-refractivity contribution in [2.75, 3.05) is 13.1 Å². The van der Waals surface area contributed by atoms with Crippen LogP contribution in [0.4, 0.5) is 0 Å². The monoisotopic (exact) mass is 545 g/mol. The lowest BCUT2D eigenvalue weighted by Crippen LogP contribution is -2.52. The van der Waals surface area contributed by atoms with Crippen molar-refractivity contribution in [2.45, 2.75) is 69.7 Å². The molecule has 3 rings (SSSR count). The van der Waals surface area contributed by atoms with Crippen molar-refractivity contribution < 1.29 is 28.2 Å². The van der Waals surface area contributed by atoms with Gasteiger partial charge in [-0.05, 0) is 55.0 Å². The first-order chi connectivity index (χ1) is 18.0. The highest BCUT2D eigenvalue weighted by atomic mass is 32.2. The lowest BCUT2D eigenvalue weighted by atomic mass is 9.89. The van der Waals surface area contributed by atoms with Crippen LogP contribution >= 0.6 is 0 Å². The molecule has 9 nitrogen and oxygen atoms in total. The summed E-state index contributed by atoms with van der Waals surface area (Å²) in [6.07, 6.45) is -0.780. The van der Waals surface area contributed by atoms with Crippen LogP contribution in [0.5, 0.6) is 0 Å². The van der Waals surface area contributed by atoms with E-state index in [-0.39, 0.29) is 16.4 Å². The lowest BCUT2D eigenvalue weighted by molar-refractivity contribution is -0.132. The minimum absolute atomic E-state index is 0.0809. The molecule has 1 aliphatic heterocycles. The van der Waals surface area contributed by atoms with Gasteiger partial charge in [0.15, 0.2) is 0 Å². The molecule has 1 saturated heterocycles. The molecule has 10 heteroatoms. The quantitative estimate of drug-likeness (QED) is 0.323. The molecule has 0 aliphatic carbocycles. The molecule has 0 bridgehead atoms. The first-order valence-corrected chi connectivity index (χ1v) is 14.5. The second kappa shape index (κ2) is 13.3. The molecule has 4 unspecified atom stereocenters. The Hall–Kier alpha value is -2.79. The van der Waals surface area contributed by atoms with E-state index >= 15 is 0 Å². The van der Waals surface area contributed by atoms with Crippen molar-refractivity contribution in [1.82, 2.24) is 14.9 Å². The Morgan fingerprint density at radius 1 is 0.921 bits per heavy atom. The minimum atomic E-state index is -3.59. The number of aliphatic hydroxyl groups excluding tert-OH is 2. The molecule has 38 heavy (non-hydrogen) atoms. The molecule has 4 atom stereocenters. The second-order valence-corrected chi connectivity index (χ2v) is 12.3. The fourth-order valence-corrected chi connectivity index (χ4v) is 6.05. The van der Waals surface area contributed by atoms with Crippen molar-refractivity contribution in [3.8, 4) is 0 Å². The van der Waals surface area contributed by atoms with Crippen LogP contribution in [0.3, 0.4) is 0 Å². The molecule has 0 radical (unpaired) electrons. The fraction of sp³-hybridized carbons (Fsp3) is 0.500. The molecule has 2 amide bonds. The number of nitrogens with one attached hydrogen (secondary N) is 2. The standard InChI is InChI=1S/C28H39N3O6S/c1-19(2)17-24(26(33)25(32)20(3)27(34)29-18-21-9-5-4-6-10-21)30-28(35)22-11-13-23(14-12-22)38(36,37)31-15-7-8-16-31/h4-6,9-14,19-20,24-26,32-33H,7-8,15-18H2,1-3H3,(H,29,34)(H,30,35). The first kappa shape index (κ1) is 29.8. The Labute approximate surface area is 225 Å². The van der Waals surface area contributed by atoms with Gasteiger partial charge in [-0.25, -0.2) is 8.42 Å². The second-order valence-electron chi connectivity index (χ2n) is 10.3. The lowest BCUT2D eigenvalue weighted by Gasteiger charge is -2.31. The van der Waals surface area contributed by atoms with E-state index in [1.165, 1.54) is 35.5 Å². The molecule has 0 aromatic heterocycles. The van der Waals surface area contributed by atoms with Crippen LogP contribution in [0.1, 0.15) is 56.0 Å². The molecule has 2 aromatic carbocycles. The van der Waals surface area contributed by atoms with Gasteiger partial charge in [-0.2, -0.15) is 4.31 Å². The molecule has 208 valence electrons. The number of carbonyl (C=O) groups is 2. The summed E-state index contributed by atoms with van der Waals surface area (Å²) in [5, 5.41) is 27.3. The highest BCUT2D eigenvalue weighted by Gasteiger charge is 2.35. The van der Waals surface area contributed by atoms with Gasteiger partial charge in [0.1, 0.15) is 6.10 Å². The maximum Gasteiger partial charge on any atom is 0.251 e. The summed E-state index contributed by atoms with van der Waals surface area (Å²) in [5.74, 6) is -1.76. The van der Waals surface area contributed by atoms with Crippen LogP contribution in [0.25, 0.3) is 0 Å². The van der Waals surface area contributed by atoms with E-state index in [1.807, 2.05) is 44.2 Å². The van der Waals surface area contributed by atoms with E-state index in [2.05, 4.69) is 10.6 Å². The van der Waals surface area contributed by atoms with Gasteiger partial charge in [-0.1, -0.05) is 51.1 Å². The Morgan fingerprint density at radius 2 is 1.53 bits per heavy atom. The summed E-state index contributed by atoms with van der Waals surface area (Å²) >= 11 is 0. The summed E-state index contributed by atoms with van der Waals surface area (Å²) in [6.45, 7) is 6.65. The SMILES string of the molecule is CC(C)CC(NC(=O)c1ccc(S(=O)(=O)N2CCCC2)cc1)C(O)C(O)C(C)C(=O)NCc1ccccc1. The first-order valence-electron chi connectivity index (χ1n) is 13.1. The maximum atomic E-state index is 13.0. The number of hydrogen-bond donors (Lipinski definition) is 4. The Morgan fingerprint density at radius 3 is 2.11 bits per heavy atom. The zero-order valence-corrected chi connectivity index (χ0v) is 23.0. The average Bonchev–Trinajstić information content (AvgIpc) is 3.46. The van der Waals surface area contributed by atoms with Crippen molar-refractivity contribution in [2.24, 2.45) is 11.8 Å². The van der Waals surface area contributed by atoms with Gasteiger partial charge < -0.3 is 20.8 Å². The number of sulfonamides is 1. The Bertz CT molecular complexity index is 1160. The van der Waals surface area contributed by atoms with Crippen molar-refractivity contribution in [1.29, 1.82) is 0 Å². The minimum Gasteiger partial charge on any atom is -0.390 e. The van der Waals surface area contributed by atoms with Crippen molar-refractivity contribution >= 4 is 21.8 Å². The predicted molar refractivity (Wildman–Crippen MR) is 145 cm³/mol. The molecule has 2 aromatic rings. The van der Waals surface area contributed by atoms with E-state index in [1.54, 1.807) is 0 Å². The number of nitrogens with zero attached hydrogens (tertiary/aromatic N) is 1. The van der Waals surface area contributed by atoms with E-state index in [0.29, 0.717) is 26.1 Å². The number of benzene rings is 2. The van der Waals surface area contributed by atoms with E-state index in [4.69, 9.17) is 0 Å². The van der Waals surface area contributed by atoms with Gasteiger partial charge in [-0.15, -0.1) is 0 Å². The molecular weight excluding hydrogens is 506 g/mol. The van der Waals surface area contributed by atoms with Gasteiger partial charge in [0.25, 0.3) is 5.91 Å². The molecule has 4 N–H and O–H groups in total. The van der Waals surface area contributed by atoms with Crippen LogP contribution < -0.4 is 10.6 Å². The van der Waals surface area contributed by atoms with Gasteiger partial charge >= 0.3 is 0 Å². The highest BCUT2D eigenvalue weighted by Crippen LogP contribution is 2.22. The van der Waals surface area contributed by atoms with Gasteiger partial charge in [0.05, 0.1) is 23.0 Å². The molecule has 1 fully saturated rings. The van der Waals surface area contributed by atoms with Crippen LogP contribution in [-0.4, -0.2) is 66.1 Å². The summed E-state index contributed by atoms with van der Waals surface area (Å²) in [7, 11) is -3.59. The third-order valence-electron chi connectivity index (χ3n) is 6.86. The van der Waals surface area contributed by atoms with Crippen LogP contribution in [0, 0.1) is 11.8 Å². The van der Waals surface area contributed by atoms with Crippen molar-refractivity contribution in [3.05, 3.63) is 65.7 Å². The van der Waals surface area contributed by atoms with Crippen molar-refractivity contribution in [3.63, 3.8) is 0 Å². The number of rotatable bonds is 12. The van der Waals surface area contributed by atoms with Gasteiger partial charge in [0.2, 0.25) is 15.9 Å². The van der Waals surface area contributed by atoms with E-state index in [9.17, 15) is 28.2 Å². The highest BCUT2D eigenvalue weighted by molar-refractivity contribution is 7.89. The Balaban J connectivity index is 1.65. The fourth-order valence-electron chi connectivity index (χ4n) is 4.53. The summed E-state index contributed by atoms with van der Waals surface area (Å²) in [4.78, 5) is 25.8. The molecule has 0 saturated carbocycles. The molecular formula is C28H39N3O6S. The summed E-state index contributed by atoms with van der Waals surface area (Å²) < 4.78 is 27.0. The van der Waals surface area contributed by atoms with Crippen LogP contribution in [0.2, 0.25) is 0 Å². The maximum absolute atomic E-state index is 13.0. The Kier molecular flexibility index (Phi) is 10.4. The van der Waals surface area contributed by atoms with E-state index < -0.39 is 46.0 Å². The third kappa shape index (κ3) is 7.63. The summed E-state index contributed by atoms with van der Waals surface area (Å²) in [6, 6.07) is 14.2. The predicted octanol–water partition coefficient (Wildman–Crippen LogP) is 2.29. The zero-order chi connectivity index (χ0) is 27.9. The number of aliphatic hydroxyl groups is 2. The summed E-state index contributed by atoms with van der Waals surface area (Å²) in [5.41, 5.74) is 1.14. The molecule has 0 spiro atoms. The number of carbonyl (C=O) groups excluding carboxylic acids is 2. The zero-order valence-electron chi connectivity index (χ0n) is 22.2. The van der Waals surface area contributed by atoms with Gasteiger partial charge in [-0.3, -0.25) is 9.59 Å². The topological polar surface area (TPSA) is 136 Å². The largest absolute Gasteiger partial charge is 0.390 e. The van der Waals surface area contributed by atoms with Gasteiger partial charge in [0, 0.05) is 25.2 Å². The normalized spacial score (nSPS) is 17.5. The van der Waals surface area contributed by atoms with Crippen LogP contribution in [-0.2, 0) is 21.4 Å². The van der Waals surface area contributed by atoms with Crippen LogP contribution in [0.15, 0.2) is 59.5 Å². The van der Waals surface area contributed by atoms with E-state index in [0.717, 1.165) is 18.4 Å². The number of hydrogen-bond acceptors (Lipinski definition) is 6. The smallest absolute Gasteiger partial charge is 0.251 e. The molecule has 1 aliphatic rings. The third-order valence-corrected chi connectivity index (χ3v) is 8.77. The molecule has 1 heterocycles. The number of amides is 2.